The number of fused-ring (bicyclic) bond motifs is 5. The average molecular weight is 361 g/mol. The van der Waals surface area contributed by atoms with Gasteiger partial charge in [0.25, 0.3) is 0 Å². The van der Waals surface area contributed by atoms with Crippen LogP contribution in [0.3, 0.4) is 0 Å². The van der Waals surface area contributed by atoms with Crippen molar-refractivity contribution in [2.75, 3.05) is 0 Å². The van der Waals surface area contributed by atoms with Crippen LogP contribution in [0.1, 0.15) is 1.37 Å². The molecule has 0 aliphatic carbocycles. The third-order valence-corrected chi connectivity index (χ3v) is 5.34. The number of thiophene rings is 1. The van der Waals surface area contributed by atoms with E-state index in [2.05, 4.69) is 59.0 Å². The SMILES string of the molecule is [2H]c1cccc2c1sc1c3ccccc3c(I)cc21. The van der Waals surface area contributed by atoms with Gasteiger partial charge in [-0.05, 0) is 40.1 Å². The maximum Gasteiger partial charge on any atom is 0.0638 e. The predicted molar refractivity (Wildman–Crippen MR) is 89.6 cm³/mol. The Balaban J connectivity index is 2.36. The second-order valence-corrected chi connectivity index (χ2v) is 6.48. The van der Waals surface area contributed by atoms with E-state index in [1.165, 1.54) is 29.8 Å². The van der Waals surface area contributed by atoms with Crippen LogP contribution < -0.4 is 0 Å². The van der Waals surface area contributed by atoms with E-state index in [0.29, 0.717) is 6.04 Å². The molecule has 0 nitrogen and oxygen atoms in total. The highest BCUT2D eigenvalue weighted by Crippen LogP contribution is 2.39. The van der Waals surface area contributed by atoms with E-state index in [1.807, 2.05) is 12.1 Å². The summed E-state index contributed by atoms with van der Waals surface area (Å²) >= 11 is 4.14. The molecule has 3 aromatic carbocycles. The zero-order valence-corrected chi connectivity index (χ0v) is 12.4. The van der Waals surface area contributed by atoms with E-state index in [1.54, 1.807) is 11.3 Å². The van der Waals surface area contributed by atoms with E-state index >= 15 is 0 Å². The molecule has 2 heteroatoms. The Labute approximate surface area is 124 Å². The van der Waals surface area contributed by atoms with Crippen LogP contribution in [-0.4, -0.2) is 0 Å². The first kappa shape index (κ1) is 9.75. The summed E-state index contributed by atoms with van der Waals surface area (Å²) in [6, 6.07) is 17.3. The van der Waals surface area contributed by atoms with Gasteiger partial charge in [0.05, 0.1) is 1.37 Å². The molecule has 0 atom stereocenters. The smallest absolute Gasteiger partial charge is 0.0638 e. The lowest BCUT2D eigenvalue weighted by molar-refractivity contribution is 1.78. The molecule has 4 rings (SSSR count). The maximum atomic E-state index is 8.07. The molecule has 0 aliphatic rings. The van der Waals surface area contributed by atoms with Crippen LogP contribution in [-0.2, 0) is 0 Å². The fraction of sp³-hybridized carbons (Fsp3) is 0. The number of halogens is 1. The molecular formula is C16H9IS. The highest BCUT2D eigenvalue weighted by atomic mass is 127. The summed E-state index contributed by atoms with van der Waals surface area (Å²) in [5, 5.41) is 5.08. The van der Waals surface area contributed by atoms with E-state index in [9.17, 15) is 0 Å². The topological polar surface area (TPSA) is 0 Å². The molecule has 0 N–H and O–H groups in total. The lowest BCUT2D eigenvalue weighted by Gasteiger charge is -2.02. The molecule has 0 fully saturated rings. The number of hydrogen-bond donors (Lipinski definition) is 0. The van der Waals surface area contributed by atoms with Gasteiger partial charge < -0.3 is 0 Å². The first-order valence-electron chi connectivity index (χ1n) is 6.25. The first-order chi connectivity index (χ1) is 9.25. The molecule has 4 aromatic rings. The Hall–Kier alpha value is -1.13. The monoisotopic (exact) mass is 361 g/mol. The zero-order valence-electron chi connectivity index (χ0n) is 10.4. The Kier molecular flexibility index (Phi) is 2.13. The van der Waals surface area contributed by atoms with Crippen LogP contribution in [0.4, 0.5) is 0 Å². The second-order valence-electron chi connectivity index (χ2n) is 4.30. The third-order valence-electron chi connectivity index (χ3n) is 3.26. The van der Waals surface area contributed by atoms with Gasteiger partial charge in [0.1, 0.15) is 0 Å². The van der Waals surface area contributed by atoms with E-state index in [-0.39, 0.29) is 0 Å². The lowest BCUT2D eigenvalue weighted by Crippen LogP contribution is -1.78. The van der Waals surface area contributed by atoms with Gasteiger partial charge in [-0.25, -0.2) is 0 Å². The third kappa shape index (κ3) is 1.42. The van der Waals surface area contributed by atoms with Crippen molar-refractivity contribution in [1.29, 1.82) is 0 Å². The van der Waals surface area contributed by atoms with Crippen LogP contribution in [0, 0.1) is 3.57 Å². The van der Waals surface area contributed by atoms with Gasteiger partial charge in [0.15, 0.2) is 0 Å². The molecule has 1 aromatic heterocycles. The molecule has 0 bridgehead atoms. The Bertz CT molecular complexity index is 940. The molecule has 0 radical (unpaired) electrons. The minimum absolute atomic E-state index is 0.623. The highest BCUT2D eigenvalue weighted by molar-refractivity contribution is 14.1. The second kappa shape index (κ2) is 3.93. The largest absolute Gasteiger partial charge is 0.135 e. The van der Waals surface area contributed by atoms with Crippen molar-refractivity contribution in [1.82, 2.24) is 0 Å². The van der Waals surface area contributed by atoms with Gasteiger partial charge in [-0.15, -0.1) is 11.3 Å². The van der Waals surface area contributed by atoms with Crippen molar-refractivity contribution in [3.8, 4) is 0 Å². The highest BCUT2D eigenvalue weighted by Gasteiger charge is 2.09. The Morgan fingerprint density at radius 3 is 2.50 bits per heavy atom. The van der Waals surface area contributed by atoms with Gasteiger partial charge >= 0.3 is 0 Å². The summed E-state index contributed by atoms with van der Waals surface area (Å²) < 4.78 is 11.7. The minimum atomic E-state index is 0.623. The molecule has 0 amide bonds. The van der Waals surface area contributed by atoms with E-state index < -0.39 is 0 Å². The lowest BCUT2D eigenvalue weighted by atomic mass is 10.1. The van der Waals surface area contributed by atoms with Gasteiger partial charge in [-0.2, -0.15) is 0 Å². The summed E-state index contributed by atoms with van der Waals surface area (Å²) in [4.78, 5) is 0. The zero-order chi connectivity index (χ0) is 13.0. The van der Waals surface area contributed by atoms with Crippen molar-refractivity contribution in [2.45, 2.75) is 0 Å². The van der Waals surface area contributed by atoms with Crippen molar-refractivity contribution < 1.29 is 1.37 Å². The van der Waals surface area contributed by atoms with Crippen LogP contribution >= 0.6 is 33.9 Å². The van der Waals surface area contributed by atoms with Gasteiger partial charge in [-0.1, -0.05) is 42.5 Å². The average Bonchev–Trinajstić information content (AvgIpc) is 2.80. The van der Waals surface area contributed by atoms with E-state index in [0.717, 1.165) is 4.70 Å². The van der Waals surface area contributed by atoms with Crippen molar-refractivity contribution >= 4 is 64.9 Å². The van der Waals surface area contributed by atoms with Crippen molar-refractivity contribution in [2.24, 2.45) is 0 Å². The normalized spacial score (nSPS) is 12.4. The maximum absolute atomic E-state index is 8.07. The molecule has 0 unspecified atom stereocenters. The fourth-order valence-corrected chi connectivity index (χ4v) is 4.40. The van der Waals surface area contributed by atoms with Crippen LogP contribution in [0.25, 0.3) is 30.9 Å². The Morgan fingerprint density at radius 1 is 0.889 bits per heavy atom. The summed E-state index contributed by atoms with van der Waals surface area (Å²) in [6.45, 7) is 0. The van der Waals surface area contributed by atoms with Gasteiger partial charge in [0.2, 0.25) is 0 Å². The van der Waals surface area contributed by atoms with Crippen LogP contribution in [0.2, 0.25) is 0 Å². The summed E-state index contributed by atoms with van der Waals surface area (Å²) in [5.41, 5.74) is 0. The minimum Gasteiger partial charge on any atom is -0.135 e. The summed E-state index contributed by atoms with van der Waals surface area (Å²) in [7, 11) is 0. The quantitative estimate of drug-likeness (QED) is 0.347. The van der Waals surface area contributed by atoms with E-state index in [4.69, 9.17) is 1.37 Å². The molecule has 86 valence electrons. The van der Waals surface area contributed by atoms with Crippen molar-refractivity contribution in [3.63, 3.8) is 0 Å². The number of benzene rings is 3. The van der Waals surface area contributed by atoms with Gasteiger partial charge in [-0.3, -0.25) is 0 Å². The van der Waals surface area contributed by atoms with Gasteiger partial charge in [0, 0.05) is 29.1 Å². The Morgan fingerprint density at radius 2 is 1.61 bits per heavy atom. The molecule has 18 heavy (non-hydrogen) atoms. The van der Waals surface area contributed by atoms with Crippen LogP contribution in [0.5, 0.6) is 0 Å². The molecule has 0 spiro atoms. The fourth-order valence-electron chi connectivity index (χ4n) is 2.43. The molecule has 1 heterocycles. The summed E-state index contributed by atoms with van der Waals surface area (Å²) in [6.07, 6.45) is 0. The van der Waals surface area contributed by atoms with Crippen LogP contribution in [0.15, 0.2) is 54.6 Å². The first-order valence-corrected chi connectivity index (χ1v) is 7.64. The predicted octanol–water partition coefficient (Wildman–Crippen LogP) is 5.81. The molecule has 0 saturated heterocycles. The standard InChI is InChI=1S/C16H9IS/c17-14-9-13-11-6-3-4-8-15(11)18-16(13)12-7-2-1-5-10(12)14/h1-9H/i8D. The molecule has 0 aliphatic heterocycles. The number of hydrogen-bond acceptors (Lipinski definition) is 1. The molecular weight excluding hydrogens is 351 g/mol. The molecule has 0 saturated carbocycles. The number of rotatable bonds is 0. The summed E-state index contributed by atoms with van der Waals surface area (Å²) in [5.74, 6) is 0. The van der Waals surface area contributed by atoms with Crippen molar-refractivity contribution in [3.05, 3.63) is 58.1 Å².